The van der Waals surface area contributed by atoms with Gasteiger partial charge < -0.3 is 31.3 Å². The number of carbonyl (C=O) groups is 3. The lowest BCUT2D eigenvalue weighted by atomic mass is 10.2. The smallest absolute Gasteiger partial charge is 0.323 e. The van der Waals surface area contributed by atoms with Crippen LogP contribution in [0.15, 0.2) is 30.5 Å². The Morgan fingerprint density at radius 1 is 1.17 bits per heavy atom. The number of amides is 2. The van der Waals surface area contributed by atoms with Crippen LogP contribution in [0, 0.1) is 13.8 Å². The molecule has 1 aliphatic heterocycles. The van der Waals surface area contributed by atoms with E-state index in [0.717, 1.165) is 37.6 Å². The number of esters is 1. The fraction of sp³-hybridized carbons (Fsp3) is 0.407. The number of halogens is 1. The number of benzene rings is 1. The number of rotatable bonds is 12. The highest BCUT2D eigenvalue weighted by Gasteiger charge is 2.23. The third kappa shape index (κ3) is 8.35. The van der Waals surface area contributed by atoms with Crippen molar-refractivity contribution < 1.29 is 19.1 Å². The molecule has 1 fully saturated rings. The van der Waals surface area contributed by atoms with Gasteiger partial charge in [0.2, 0.25) is 5.91 Å². The number of hydrogen-bond donors (Lipinski definition) is 4. The number of thiazole rings is 1. The summed E-state index contributed by atoms with van der Waals surface area (Å²) in [7, 11) is 1.58. The van der Waals surface area contributed by atoms with E-state index in [1.165, 1.54) is 17.5 Å². The predicted molar refractivity (Wildman–Crippen MR) is 163 cm³/mol. The van der Waals surface area contributed by atoms with Crippen molar-refractivity contribution in [1.29, 1.82) is 0 Å². The van der Waals surface area contributed by atoms with E-state index in [1.807, 2.05) is 32.0 Å². The Balaban J connectivity index is 1.29. The number of nitrogens with one attached hydrogen (secondary N) is 3. The first-order valence-electron chi connectivity index (χ1n) is 13.4. The summed E-state index contributed by atoms with van der Waals surface area (Å²) in [5, 5.41) is 9.80. The first-order chi connectivity index (χ1) is 20.1. The summed E-state index contributed by atoms with van der Waals surface area (Å²) in [6.07, 6.45) is 1.40. The van der Waals surface area contributed by atoms with Gasteiger partial charge in [-0.1, -0.05) is 35.1 Å². The molecule has 1 atom stereocenters. The highest BCUT2D eigenvalue weighted by Crippen LogP contribution is 2.28. The lowest BCUT2D eigenvalue weighted by Gasteiger charge is -2.35. The minimum atomic E-state index is -0.742. The zero-order chi connectivity index (χ0) is 30.2. The Hall–Kier alpha value is -3.85. The van der Waals surface area contributed by atoms with Gasteiger partial charge >= 0.3 is 5.97 Å². The van der Waals surface area contributed by atoms with Crippen molar-refractivity contribution in [1.82, 2.24) is 25.2 Å². The van der Waals surface area contributed by atoms with Crippen LogP contribution in [0.4, 0.5) is 22.5 Å². The molecule has 5 N–H and O–H groups in total. The summed E-state index contributed by atoms with van der Waals surface area (Å²) in [5.41, 5.74) is 6.62. The average molecular weight is 616 g/mol. The molecule has 1 aliphatic rings. The number of nitrogens with zero attached hydrogens (tertiary/aromatic N) is 5. The van der Waals surface area contributed by atoms with Crippen LogP contribution in [-0.2, 0) is 14.3 Å². The van der Waals surface area contributed by atoms with E-state index in [0.29, 0.717) is 38.9 Å². The Morgan fingerprint density at radius 3 is 2.62 bits per heavy atom. The van der Waals surface area contributed by atoms with Crippen molar-refractivity contribution in [2.75, 3.05) is 61.9 Å². The molecule has 0 spiro atoms. The van der Waals surface area contributed by atoms with Gasteiger partial charge in [0.15, 0.2) is 5.13 Å². The van der Waals surface area contributed by atoms with Crippen LogP contribution in [0.1, 0.15) is 27.5 Å². The third-order valence-corrected chi connectivity index (χ3v) is 7.86. The minimum absolute atomic E-state index is 0.106. The van der Waals surface area contributed by atoms with Crippen LogP contribution in [0.3, 0.4) is 0 Å². The highest BCUT2D eigenvalue weighted by molar-refractivity contribution is 7.17. The molecule has 2 aromatic heterocycles. The van der Waals surface area contributed by atoms with Crippen molar-refractivity contribution in [2.24, 2.45) is 5.73 Å². The molecule has 42 heavy (non-hydrogen) atoms. The second kappa shape index (κ2) is 14.4. The molecule has 1 aromatic carbocycles. The largest absolute Gasteiger partial charge is 0.463 e. The Morgan fingerprint density at radius 2 is 1.93 bits per heavy atom. The lowest BCUT2D eigenvalue weighted by Crippen LogP contribution is -2.48. The first-order valence-corrected chi connectivity index (χ1v) is 14.6. The Kier molecular flexibility index (Phi) is 10.6. The molecule has 0 saturated carbocycles. The summed E-state index contributed by atoms with van der Waals surface area (Å²) >= 11 is 7.45. The van der Waals surface area contributed by atoms with Gasteiger partial charge in [0.25, 0.3) is 5.91 Å². The van der Waals surface area contributed by atoms with Gasteiger partial charge in [-0.25, -0.2) is 15.0 Å². The summed E-state index contributed by atoms with van der Waals surface area (Å²) in [6.45, 7) is 7.49. The number of anilines is 4. The molecule has 1 saturated heterocycles. The second-order valence-corrected chi connectivity index (χ2v) is 11.1. The van der Waals surface area contributed by atoms with E-state index < -0.39 is 17.9 Å². The Bertz CT molecular complexity index is 1410. The standard InChI is InChI=1S/C27H34ClN9O4S/c1-16-5-4-6-18(28)24(16)35-25(39)20-15-31-27(42-20)34-22-14-23(33-17(2)32-22)37-9-7-36(8-10-37)11-12-41-26(40)19(30-3)13-21(29)38/h4-6,14-15,19,30H,7-13H2,1-3H3,(H2,29,38)(H,35,39)(H,31,32,33,34)/t19-/m0/s1. The van der Waals surface area contributed by atoms with Crippen LogP contribution < -0.4 is 26.6 Å². The van der Waals surface area contributed by atoms with Crippen molar-refractivity contribution in [3.63, 3.8) is 0 Å². The van der Waals surface area contributed by atoms with Crippen LogP contribution in [0.5, 0.6) is 0 Å². The fourth-order valence-electron chi connectivity index (χ4n) is 4.37. The normalized spacial score (nSPS) is 14.3. The zero-order valence-electron chi connectivity index (χ0n) is 23.6. The van der Waals surface area contributed by atoms with Gasteiger partial charge in [-0.05, 0) is 32.5 Å². The summed E-state index contributed by atoms with van der Waals surface area (Å²) in [5.74, 6) is 0.604. The molecule has 3 aromatic rings. The van der Waals surface area contributed by atoms with Crippen LogP contribution >= 0.6 is 22.9 Å². The SMILES string of the molecule is CN[C@@H](CC(N)=O)C(=O)OCCN1CCN(c2cc(Nc3ncc(C(=O)Nc4c(C)cccc4Cl)s3)nc(C)n2)CC1. The van der Waals surface area contributed by atoms with Gasteiger partial charge in [0.1, 0.15) is 35.0 Å². The molecule has 2 amide bonds. The molecule has 0 radical (unpaired) electrons. The van der Waals surface area contributed by atoms with Gasteiger partial charge in [-0.3, -0.25) is 19.3 Å². The van der Waals surface area contributed by atoms with E-state index in [9.17, 15) is 14.4 Å². The van der Waals surface area contributed by atoms with Crippen molar-refractivity contribution >= 4 is 63.2 Å². The molecule has 0 unspecified atom stereocenters. The molecular formula is C27H34ClN9O4S. The number of nitrogens with two attached hydrogens (primary N) is 1. The zero-order valence-corrected chi connectivity index (χ0v) is 25.2. The predicted octanol–water partition coefficient (Wildman–Crippen LogP) is 2.33. The number of likely N-dealkylation sites (N-methyl/N-ethyl adjacent to an activating group) is 1. The van der Waals surface area contributed by atoms with E-state index in [2.05, 4.69) is 40.7 Å². The maximum absolute atomic E-state index is 12.8. The van der Waals surface area contributed by atoms with E-state index >= 15 is 0 Å². The average Bonchev–Trinajstić information content (AvgIpc) is 3.42. The molecule has 224 valence electrons. The van der Waals surface area contributed by atoms with E-state index in [4.69, 9.17) is 22.1 Å². The van der Waals surface area contributed by atoms with Crippen LogP contribution in [-0.4, -0.2) is 90.1 Å². The number of hydrogen-bond acceptors (Lipinski definition) is 12. The van der Waals surface area contributed by atoms with Gasteiger partial charge in [-0.15, -0.1) is 0 Å². The summed E-state index contributed by atoms with van der Waals surface area (Å²) < 4.78 is 5.33. The third-order valence-electron chi connectivity index (χ3n) is 6.64. The summed E-state index contributed by atoms with van der Waals surface area (Å²) in [4.78, 5) is 54.3. The number of para-hydroxylation sites is 1. The number of ether oxygens (including phenoxy) is 1. The lowest BCUT2D eigenvalue weighted by molar-refractivity contribution is -0.147. The highest BCUT2D eigenvalue weighted by atomic mass is 35.5. The topological polar surface area (TPSA) is 168 Å². The van der Waals surface area contributed by atoms with Crippen LogP contribution in [0.25, 0.3) is 0 Å². The quantitative estimate of drug-likeness (QED) is 0.221. The van der Waals surface area contributed by atoms with Crippen molar-refractivity contribution in [3.05, 3.63) is 51.7 Å². The van der Waals surface area contributed by atoms with E-state index in [-0.39, 0.29) is 18.9 Å². The Labute approximate surface area is 252 Å². The van der Waals surface area contributed by atoms with Crippen LogP contribution in [0.2, 0.25) is 5.02 Å². The molecule has 13 nitrogen and oxygen atoms in total. The molecule has 0 bridgehead atoms. The maximum atomic E-state index is 12.8. The maximum Gasteiger partial charge on any atom is 0.323 e. The summed E-state index contributed by atoms with van der Waals surface area (Å²) in [6, 6.07) is 6.55. The molecule has 0 aliphatic carbocycles. The number of piperazine rings is 1. The van der Waals surface area contributed by atoms with E-state index in [1.54, 1.807) is 13.1 Å². The second-order valence-electron chi connectivity index (χ2n) is 9.71. The number of aryl methyl sites for hydroxylation is 2. The fourth-order valence-corrected chi connectivity index (χ4v) is 5.36. The minimum Gasteiger partial charge on any atom is -0.463 e. The molecule has 4 rings (SSSR count). The first kappa shape index (κ1) is 31.1. The number of carbonyl (C=O) groups excluding carboxylic acids is 3. The molecule has 3 heterocycles. The monoisotopic (exact) mass is 615 g/mol. The molecule has 15 heteroatoms. The van der Waals surface area contributed by atoms with Crippen molar-refractivity contribution in [2.45, 2.75) is 26.3 Å². The van der Waals surface area contributed by atoms with Crippen molar-refractivity contribution in [3.8, 4) is 0 Å². The number of primary amides is 1. The van der Waals surface area contributed by atoms with Gasteiger partial charge in [0.05, 0.1) is 23.3 Å². The van der Waals surface area contributed by atoms with Gasteiger partial charge in [0, 0.05) is 38.8 Å². The number of aromatic nitrogens is 3. The van der Waals surface area contributed by atoms with Gasteiger partial charge in [-0.2, -0.15) is 0 Å². The molecular weight excluding hydrogens is 582 g/mol.